The number of methoxy groups -OCH3 is 1. The summed E-state index contributed by atoms with van der Waals surface area (Å²) < 4.78 is 25.1. The Bertz CT molecular complexity index is 773. The Kier molecular flexibility index (Phi) is 4.50. The van der Waals surface area contributed by atoms with Gasteiger partial charge in [0.15, 0.2) is 11.5 Å². The lowest BCUT2D eigenvalue weighted by molar-refractivity contribution is 0.393. The highest BCUT2D eigenvalue weighted by Crippen LogP contribution is 2.47. The van der Waals surface area contributed by atoms with Crippen molar-refractivity contribution >= 4 is 18.0 Å². The molecule has 0 aliphatic carbocycles. The lowest BCUT2D eigenvalue weighted by Gasteiger charge is -2.21. The number of ether oxygens (including phenoxy) is 1. The number of para-hydroxylation sites is 2. The van der Waals surface area contributed by atoms with Crippen LogP contribution in [0, 0.1) is 0 Å². The second-order valence-corrected chi connectivity index (χ2v) is 7.28. The molecule has 0 amide bonds. The minimum absolute atomic E-state index is 0.464. The summed E-state index contributed by atoms with van der Waals surface area (Å²) >= 11 is 0. The molecule has 0 spiro atoms. The lowest BCUT2D eigenvalue weighted by atomic mass is 10.3. The maximum atomic E-state index is 13.8. The van der Waals surface area contributed by atoms with Crippen molar-refractivity contribution in [3.8, 4) is 11.5 Å². The van der Waals surface area contributed by atoms with Crippen molar-refractivity contribution < 1.29 is 13.8 Å². The largest absolute Gasteiger partial charge is 0.493 e. The Morgan fingerprint density at radius 3 is 1.57 bits per heavy atom. The van der Waals surface area contributed by atoms with Gasteiger partial charge in [0.2, 0.25) is 0 Å². The summed E-state index contributed by atoms with van der Waals surface area (Å²) in [4.78, 5) is 0. The summed E-state index contributed by atoms with van der Waals surface area (Å²) in [6, 6.07) is 25.7. The van der Waals surface area contributed by atoms with Crippen molar-refractivity contribution in [3.05, 3.63) is 84.9 Å². The summed E-state index contributed by atoms with van der Waals surface area (Å²) in [6.45, 7) is 0. The zero-order valence-electron chi connectivity index (χ0n) is 12.8. The fourth-order valence-corrected chi connectivity index (χ4v) is 4.40. The Morgan fingerprint density at radius 1 is 0.652 bits per heavy atom. The number of rotatable bonds is 5. The Hall–Kier alpha value is -2.51. The molecule has 0 bridgehead atoms. The van der Waals surface area contributed by atoms with Crippen molar-refractivity contribution in [2.24, 2.45) is 0 Å². The van der Waals surface area contributed by atoms with Crippen molar-refractivity contribution in [1.82, 2.24) is 0 Å². The molecule has 23 heavy (non-hydrogen) atoms. The van der Waals surface area contributed by atoms with Gasteiger partial charge in [0.05, 0.1) is 17.7 Å². The molecular weight excluding hydrogens is 307 g/mol. The molecule has 0 atom stereocenters. The van der Waals surface area contributed by atoms with Crippen LogP contribution in [0.25, 0.3) is 0 Å². The molecule has 0 N–H and O–H groups in total. The van der Waals surface area contributed by atoms with Gasteiger partial charge in [-0.05, 0) is 36.4 Å². The third-order valence-corrected chi connectivity index (χ3v) is 5.90. The smallest absolute Gasteiger partial charge is 0.306 e. The molecule has 0 radical (unpaired) electrons. The van der Waals surface area contributed by atoms with E-state index in [1.54, 1.807) is 19.2 Å². The number of benzene rings is 3. The normalized spacial score (nSPS) is 11.0. The first kappa shape index (κ1) is 15.4. The van der Waals surface area contributed by atoms with Gasteiger partial charge in [-0.3, -0.25) is 4.57 Å². The standard InChI is InChI=1S/C19H17O3P/c1-21-18-14-8-9-15-19(18)22-23(20,16-10-4-2-5-11-16)17-12-6-3-7-13-17/h2-15H,1H3. The Labute approximate surface area is 136 Å². The Morgan fingerprint density at radius 2 is 1.09 bits per heavy atom. The third-order valence-electron chi connectivity index (χ3n) is 3.49. The predicted octanol–water partition coefficient (Wildman–Crippen LogP) is 4.00. The van der Waals surface area contributed by atoms with Crippen LogP contribution in [-0.4, -0.2) is 7.11 Å². The van der Waals surface area contributed by atoms with Crippen LogP contribution in [0.3, 0.4) is 0 Å². The maximum absolute atomic E-state index is 13.8. The SMILES string of the molecule is COc1ccccc1OP(=O)(c1ccccc1)c1ccccc1. The zero-order valence-corrected chi connectivity index (χ0v) is 13.6. The average Bonchev–Trinajstić information content (AvgIpc) is 2.63. The van der Waals surface area contributed by atoms with Crippen LogP contribution in [0.5, 0.6) is 11.5 Å². The second kappa shape index (κ2) is 6.72. The van der Waals surface area contributed by atoms with Crippen molar-refractivity contribution in [2.45, 2.75) is 0 Å². The lowest BCUT2D eigenvalue weighted by Crippen LogP contribution is -2.20. The monoisotopic (exact) mass is 324 g/mol. The van der Waals surface area contributed by atoms with Crippen molar-refractivity contribution in [3.63, 3.8) is 0 Å². The van der Waals surface area contributed by atoms with E-state index in [2.05, 4.69) is 0 Å². The number of hydrogen-bond acceptors (Lipinski definition) is 3. The topological polar surface area (TPSA) is 35.5 Å². The van der Waals surface area contributed by atoms with Crippen LogP contribution in [-0.2, 0) is 4.57 Å². The van der Waals surface area contributed by atoms with Crippen molar-refractivity contribution in [1.29, 1.82) is 0 Å². The fourth-order valence-electron chi connectivity index (χ4n) is 2.34. The molecule has 0 aromatic heterocycles. The Balaban J connectivity index is 2.12. The zero-order chi connectivity index (χ0) is 16.1. The van der Waals surface area contributed by atoms with Gasteiger partial charge in [0.25, 0.3) is 0 Å². The highest BCUT2D eigenvalue weighted by Gasteiger charge is 2.30. The molecule has 3 aromatic rings. The van der Waals surface area contributed by atoms with Crippen LogP contribution >= 0.6 is 7.37 Å². The highest BCUT2D eigenvalue weighted by atomic mass is 31.2. The van der Waals surface area contributed by atoms with E-state index < -0.39 is 7.37 Å². The van der Waals surface area contributed by atoms with Gasteiger partial charge in [-0.2, -0.15) is 0 Å². The highest BCUT2D eigenvalue weighted by molar-refractivity contribution is 7.74. The quantitative estimate of drug-likeness (QED) is 0.665. The van der Waals surface area contributed by atoms with Gasteiger partial charge in [0.1, 0.15) is 0 Å². The van der Waals surface area contributed by atoms with E-state index in [1.165, 1.54) is 0 Å². The minimum atomic E-state index is -3.27. The molecule has 0 heterocycles. The van der Waals surface area contributed by atoms with E-state index in [1.807, 2.05) is 72.8 Å². The molecule has 0 aliphatic heterocycles. The fraction of sp³-hybridized carbons (Fsp3) is 0.0526. The van der Waals surface area contributed by atoms with E-state index in [9.17, 15) is 4.57 Å². The average molecular weight is 324 g/mol. The molecule has 0 saturated carbocycles. The first-order chi connectivity index (χ1) is 11.2. The van der Waals surface area contributed by atoms with E-state index in [4.69, 9.17) is 9.26 Å². The molecule has 0 saturated heterocycles. The maximum Gasteiger partial charge on any atom is 0.306 e. The van der Waals surface area contributed by atoms with Crippen molar-refractivity contribution in [2.75, 3.05) is 7.11 Å². The molecular formula is C19H17O3P. The van der Waals surface area contributed by atoms with Crippen LogP contribution in [0.15, 0.2) is 84.9 Å². The molecule has 3 nitrogen and oxygen atoms in total. The van der Waals surface area contributed by atoms with Gasteiger partial charge in [-0.1, -0.05) is 48.5 Å². The van der Waals surface area contributed by atoms with Crippen LogP contribution in [0.4, 0.5) is 0 Å². The number of hydrogen-bond donors (Lipinski definition) is 0. The first-order valence-corrected chi connectivity index (χ1v) is 8.90. The van der Waals surface area contributed by atoms with E-state index in [-0.39, 0.29) is 0 Å². The summed E-state index contributed by atoms with van der Waals surface area (Å²) in [7, 11) is -1.70. The summed E-state index contributed by atoms with van der Waals surface area (Å²) in [5, 5.41) is 1.30. The first-order valence-electron chi connectivity index (χ1n) is 7.28. The van der Waals surface area contributed by atoms with Crippen LogP contribution in [0.1, 0.15) is 0 Å². The van der Waals surface area contributed by atoms with Gasteiger partial charge >= 0.3 is 7.37 Å². The van der Waals surface area contributed by atoms with Crippen LogP contribution < -0.4 is 19.9 Å². The predicted molar refractivity (Wildman–Crippen MR) is 93.4 cm³/mol. The van der Waals surface area contributed by atoms with Gasteiger partial charge < -0.3 is 9.26 Å². The second-order valence-electron chi connectivity index (χ2n) is 4.96. The summed E-state index contributed by atoms with van der Waals surface area (Å²) in [6.07, 6.45) is 0. The molecule has 3 aromatic carbocycles. The molecule has 3 rings (SSSR count). The van der Waals surface area contributed by atoms with E-state index in [0.29, 0.717) is 22.1 Å². The summed E-state index contributed by atoms with van der Waals surface area (Å²) in [5.74, 6) is 1.02. The third kappa shape index (κ3) is 3.15. The minimum Gasteiger partial charge on any atom is -0.493 e. The summed E-state index contributed by atoms with van der Waals surface area (Å²) in [5.41, 5.74) is 0. The van der Waals surface area contributed by atoms with Gasteiger partial charge in [0, 0.05) is 0 Å². The van der Waals surface area contributed by atoms with Gasteiger partial charge in [-0.25, -0.2) is 0 Å². The van der Waals surface area contributed by atoms with Gasteiger partial charge in [-0.15, -0.1) is 0 Å². The molecule has 116 valence electrons. The van der Waals surface area contributed by atoms with Crippen LogP contribution in [0.2, 0.25) is 0 Å². The molecule has 0 fully saturated rings. The molecule has 4 heteroatoms. The van der Waals surface area contributed by atoms with E-state index >= 15 is 0 Å². The van der Waals surface area contributed by atoms with E-state index in [0.717, 1.165) is 0 Å². The molecule has 0 aliphatic rings. The molecule has 0 unspecified atom stereocenters.